The van der Waals surface area contributed by atoms with E-state index in [9.17, 15) is 0 Å². The Morgan fingerprint density at radius 3 is 3.00 bits per heavy atom. The van der Waals surface area contributed by atoms with Crippen molar-refractivity contribution in [3.05, 3.63) is 32.2 Å². The maximum atomic E-state index is 8.81. The topological polar surface area (TPSA) is 37.5 Å². The zero-order valence-electron chi connectivity index (χ0n) is 7.24. The first-order chi connectivity index (χ1) is 6.70. The van der Waals surface area contributed by atoms with E-state index in [0.29, 0.717) is 6.42 Å². The average Bonchev–Trinajstić information content (AvgIpc) is 2.48. The van der Waals surface area contributed by atoms with Crippen LogP contribution in [0.25, 0.3) is 5.65 Å². The summed E-state index contributed by atoms with van der Waals surface area (Å²) in [6.45, 7) is 0.141. The molecule has 0 radical (unpaired) electrons. The Hall–Kier alpha value is -0.140. The highest BCUT2D eigenvalue weighted by Gasteiger charge is 2.05. The Morgan fingerprint density at radius 1 is 1.50 bits per heavy atom. The normalized spacial score (nSPS) is 11.1. The molecule has 2 rings (SSSR count). The Bertz CT molecular complexity index is 469. The van der Waals surface area contributed by atoms with Crippen molar-refractivity contribution in [1.29, 1.82) is 0 Å². The van der Waals surface area contributed by atoms with Crippen molar-refractivity contribution in [3.8, 4) is 0 Å². The molecule has 0 unspecified atom stereocenters. The fraction of sp³-hybridized carbons (Fsp3) is 0.222. The second-order valence-corrected chi connectivity index (χ2v) is 5.02. The average molecular weight is 367 g/mol. The highest BCUT2D eigenvalue weighted by molar-refractivity contribution is 14.1. The van der Waals surface area contributed by atoms with E-state index in [0.717, 1.165) is 19.4 Å². The van der Waals surface area contributed by atoms with Crippen LogP contribution in [0.5, 0.6) is 0 Å². The quantitative estimate of drug-likeness (QED) is 0.827. The summed E-state index contributed by atoms with van der Waals surface area (Å²) in [5.41, 5.74) is 1.86. The first-order valence-corrected chi connectivity index (χ1v) is 6.01. The van der Waals surface area contributed by atoms with Crippen molar-refractivity contribution in [3.63, 3.8) is 0 Å². The third-order valence-corrected chi connectivity index (χ3v) is 3.12. The van der Waals surface area contributed by atoms with Crippen molar-refractivity contribution < 1.29 is 5.11 Å². The minimum atomic E-state index is 0.141. The number of hydrogen-bond acceptors (Lipinski definition) is 2. The highest BCUT2D eigenvalue weighted by Crippen LogP contribution is 2.19. The van der Waals surface area contributed by atoms with E-state index in [1.807, 2.05) is 22.9 Å². The number of halogens is 2. The molecule has 0 spiro atoms. The maximum Gasteiger partial charge on any atom is 0.150 e. The fourth-order valence-electron chi connectivity index (χ4n) is 1.31. The predicted octanol–water partition coefficient (Wildman–Crippen LogP) is 2.24. The molecule has 1 N–H and O–H groups in total. The molecule has 3 nitrogen and oxygen atoms in total. The van der Waals surface area contributed by atoms with Crippen LogP contribution >= 0.6 is 38.5 Å². The SMILES string of the molecule is OCCc1cn2cc(Br)cc(I)c2n1. The van der Waals surface area contributed by atoms with Gasteiger partial charge in [0.05, 0.1) is 9.26 Å². The lowest BCUT2D eigenvalue weighted by Gasteiger charge is -1.96. The minimum Gasteiger partial charge on any atom is -0.396 e. The second kappa shape index (κ2) is 4.16. The van der Waals surface area contributed by atoms with Gasteiger partial charge < -0.3 is 9.51 Å². The summed E-state index contributed by atoms with van der Waals surface area (Å²) in [6.07, 6.45) is 4.51. The molecule has 0 aliphatic rings. The number of imidazole rings is 1. The molecule has 14 heavy (non-hydrogen) atoms. The molecule has 0 atom stereocenters. The summed E-state index contributed by atoms with van der Waals surface area (Å²) in [6, 6.07) is 2.02. The van der Waals surface area contributed by atoms with E-state index < -0.39 is 0 Å². The lowest BCUT2D eigenvalue weighted by molar-refractivity contribution is 0.298. The van der Waals surface area contributed by atoms with Crippen LogP contribution in [0.2, 0.25) is 0 Å². The molecule has 2 aromatic rings. The summed E-state index contributed by atoms with van der Waals surface area (Å²) in [7, 11) is 0. The smallest absolute Gasteiger partial charge is 0.150 e. The van der Waals surface area contributed by atoms with Crippen LogP contribution in [-0.4, -0.2) is 21.1 Å². The van der Waals surface area contributed by atoms with E-state index in [1.165, 1.54) is 0 Å². The van der Waals surface area contributed by atoms with Crippen molar-refractivity contribution in [2.45, 2.75) is 6.42 Å². The molecule has 0 bridgehead atoms. The summed E-state index contributed by atoms with van der Waals surface area (Å²) in [5, 5.41) is 8.81. The van der Waals surface area contributed by atoms with Crippen LogP contribution < -0.4 is 0 Å². The van der Waals surface area contributed by atoms with Crippen LogP contribution in [0.1, 0.15) is 5.69 Å². The Morgan fingerprint density at radius 2 is 2.29 bits per heavy atom. The summed E-state index contributed by atoms with van der Waals surface area (Å²) in [4.78, 5) is 4.42. The largest absolute Gasteiger partial charge is 0.396 e. The number of pyridine rings is 1. The van der Waals surface area contributed by atoms with Gasteiger partial charge in [-0.25, -0.2) is 4.98 Å². The Balaban J connectivity index is 2.58. The maximum absolute atomic E-state index is 8.81. The molecule has 0 aliphatic heterocycles. The predicted molar refractivity (Wildman–Crippen MR) is 66.4 cm³/mol. The second-order valence-electron chi connectivity index (χ2n) is 2.94. The van der Waals surface area contributed by atoms with Crippen LogP contribution in [0, 0.1) is 3.57 Å². The van der Waals surface area contributed by atoms with Gasteiger partial charge in [0.25, 0.3) is 0 Å². The van der Waals surface area contributed by atoms with E-state index in [-0.39, 0.29) is 6.61 Å². The van der Waals surface area contributed by atoms with Gasteiger partial charge in [-0.15, -0.1) is 0 Å². The van der Waals surface area contributed by atoms with Crippen molar-refractivity contribution in [1.82, 2.24) is 9.38 Å². The molecule has 0 aromatic carbocycles. The molecule has 0 saturated heterocycles. The van der Waals surface area contributed by atoms with Gasteiger partial charge in [-0.05, 0) is 44.6 Å². The third-order valence-electron chi connectivity index (χ3n) is 1.89. The Kier molecular flexibility index (Phi) is 3.08. The van der Waals surface area contributed by atoms with Crippen LogP contribution in [0.3, 0.4) is 0 Å². The molecule has 0 aliphatic carbocycles. The molecule has 0 saturated carbocycles. The summed E-state index contributed by atoms with van der Waals surface area (Å²) < 4.78 is 4.10. The van der Waals surface area contributed by atoms with Gasteiger partial charge >= 0.3 is 0 Å². The highest BCUT2D eigenvalue weighted by atomic mass is 127. The molecule has 5 heteroatoms. The monoisotopic (exact) mass is 366 g/mol. The number of aliphatic hydroxyl groups excluding tert-OH is 1. The lowest BCUT2D eigenvalue weighted by atomic mass is 10.4. The number of hydrogen-bond donors (Lipinski definition) is 1. The van der Waals surface area contributed by atoms with Gasteiger partial charge in [0.1, 0.15) is 0 Å². The standard InChI is InChI=1S/C9H8BrIN2O/c10-6-3-8(11)9-12-7(1-2-14)5-13(9)4-6/h3-5,14H,1-2H2. The van der Waals surface area contributed by atoms with Crippen LogP contribution in [-0.2, 0) is 6.42 Å². The van der Waals surface area contributed by atoms with Gasteiger partial charge in [0, 0.05) is 29.9 Å². The van der Waals surface area contributed by atoms with Crippen molar-refractivity contribution >= 4 is 44.2 Å². The van der Waals surface area contributed by atoms with Gasteiger partial charge in [-0.3, -0.25) is 0 Å². The lowest BCUT2D eigenvalue weighted by Crippen LogP contribution is -1.89. The van der Waals surface area contributed by atoms with Crippen molar-refractivity contribution in [2.24, 2.45) is 0 Å². The summed E-state index contributed by atoms with van der Waals surface area (Å²) >= 11 is 5.68. The zero-order chi connectivity index (χ0) is 10.1. The van der Waals surface area contributed by atoms with Gasteiger partial charge in [-0.2, -0.15) is 0 Å². The zero-order valence-corrected chi connectivity index (χ0v) is 11.0. The van der Waals surface area contributed by atoms with E-state index in [2.05, 4.69) is 43.5 Å². The number of nitrogens with zero attached hydrogens (tertiary/aromatic N) is 2. The molecule has 0 amide bonds. The number of aromatic nitrogens is 2. The molecular formula is C9H8BrIN2O. The third kappa shape index (κ3) is 1.94. The van der Waals surface area contributed by atoms with Crippen LogP contribution in [0.4, 0.5) is 0 Å². The fourth-order valence-corrected chi connectivity index (χ4v) is 2.92. The van der Waals surface area contributed by atoms with Gasteiger partial charge in [0.2, 0.25) is 0 Å². The van der Waals surface area contributed by atoms with E-state index in [1.54, 1.807) is 0 Å². The Labute approximate surface area is 103 Å². The molecule has 0 fully saturated rings. The van der Waals surface area contributed by atoms with E-state index >= 15 is 0 Å². The number of rotatable bonds is 2. The van der Waals surface area contributed by atoms with E-state index in [4.69, 9.17) is 5.11 Å². The molecule has 2 heterocycles. The first-order valence-electron chi connectivity index (χ1n) is 4.14. The minimum absolute atomic E-state index is 0.141. The number of fused-ring (bicyclic) bond motifs is 1. The van der Waals surface area contributed by atoms with Gasteiger partial charge in [0.15, 0.2) is 5.65 Å². The number of aliphatic hydroxyl groups is 1. The van der Waals surface area contributed by atoms with Crippen LogP contribution in [0.15, 0.2) is 22.9 Å². The molecular weight excluding hydrogens is 359 g/mol. The van der Waals surface area contributed by atoms with Gasteiger partial charge in [-0.1, -0.05) is 0 Å². The summed E-state index contributed by atoms with van der Waals surface area (Å²) in [5.74, 6) is 0. The molecule has 2 aromatic heterocycles. The first kappa shape index (κ1) is 10.4. The molecule has 74 valence electrons. The van der Waals surface area contributed by atoms with Crippen molar-refractivity contribution in [2.75, 3.05) is 6.61 Å².